The Labute approximate surface area is 278 Å². The fourth-order valence-corrected chi connectivity index (χ4v) is 6.78. The molecule has 0 N–H and O–H groups in total. The van der Waals surface area contributed by atoms with Gasteiger partial charge >= 0.3 is 0 Å². The number of hydrogen-bond acceptors (Lipinski definition) is 3. The maximum Gasteiger partial charge on any atom is 0.160 e. The Hall–Kier alpha value is -6.45. The second kappa shape index (κ2) is 11.7. The Bertz CT molecular complexity index is 2590. The molecule has 0 aliphatic heterocycles. The highest BCUT2D eigenvalue weighted by molar-refractivity contribution is 6.15. The van der Waals surface area contributed by atoms with Gasteiger partial charge in [-0.15, -0.1) is 0 Å². The summed E-state index contributed by atoms with van der Waals surface area (Å²) >= 11 is 0. The van der Waals surface area contributed by atoms with E-state index in [1.54, 1.807) is 6.20 Å². The van der Waals surface area contributed by atoms with Crippen molar-refractivity contribution in [3.8, 4) is 56.2 Å². The SMILES string of the molecule is c1ccc(-c2nc(-c3ccc(-c4cccc5c4ccc4cc6ccccc6cc45)cc3)cc(-c3ccccc3-c3cccnc3)n2)cc1. The summed E-state index contributed by atoms with van der Waals surface area (Å²) in [6.07, 6.45) is 3.70. The van der Waals surface area contributed by atoms with Gasteiger partial charge in [0.15, 0.2) is 5.82 Å². The predicted octanol–water partition coefficient (Wildman–Crippen LogP) is 11.7. The van der Waals surface area contributed by atoms with Crippen molar-refractivity contribution in [1.82, 2.24) is 15.0 Å². The van der Waals surface area contributed by atoms with Crippen molar-refractivity contribution in [2.75, 3.05) is 0 Å². The van der Waals surface area contributed by atoms with Crippen LogP contribution in [0.2, 0.25) is 0 Å². The lowest BCUT2D eigenvalue weighted by atomic mass is 9.93. The van der Waals surface area contributed by atoms with Crippen molar-refractivity contribution in [2.24, 2.45) is 0 Å². The molecule has 2 heterocycles. The molecule has 9 aromatic rings. The Kier molecular flexibility index (Phi) is 6.80. The van der Waals surface area contributed by atoms with Crippen LogP contribution in [0.15, 0.2) is 176 Å². The molecule has 7 aromatic carbocycles. The Morgan fingerprint density at radius 2 is 1.02 bits per heavy atom. The molecule has 0 saturated carbocycles. The molecule has 0 spiro atoms. The topological polar surface area (TPSA) is 38.7 Å². The highest BCUT2D eigenvalue weighted by Crippen LogP contribution is 2.37. The lowest BCUT2D eigenvalue weighted by molar-refractivity contribution is 1.18. The van der Waals surface area contributed by atoms with E-state index in [1.165, 1.54) is 43.4 Å². The van der Waals surface area contributed by atoms with E-state index < -0.39 is 0 Å². The standard InChI is InChI=1S/C45H29N3/c1-2-10-32(11-3-1)45-47-43(28-44(48-45)41-16-7-6-15-38(41)36-14-9-25-46-29-36)31-21-19-30(20-22-31)37-17-8-18-39-40(37)24-23-35-26-33-12-4-5-13-34(33)27-42(35)39/h1-29H. The van der Waals surface area contributed by atoms with E-state index in [4.69, 9.17) is 9.97 Å². The number of pyridine rings is 1. The number of aromatic nitrogens is 3. The van der Waals surface area contributed by atoms with E-state index in [0.717, 1.165) is 39.2 Å². The lowest BCUT2D eigenvalue weighted by Crippen LogP contribution is -1.97. The average molecular weight is 612 g/mol. The maximum absolute atomic E-state index is 5.10. The Morgan fingerprint density at radius 3 is 1.83 bits per heavy atom. The van der Waals surface area contributed by atoms with Gasteiger partial charge in [-0.25, -0.2) is 9.97 Å². The summed E-state index contributed by atoms with van der Waals surface area (Å²) in [7, 11) is 0. The van der Waals surface area contributed by atoms with Crippen LogP contribution in [0.5, 0.6) is 0 Å². The first-order valence-corrected chi connectivity index (χ1v) is 16.2. The fraction of sp³-hybridized carbons (Fsp3) is 0. The average Bonchev–Trinajstić information content (AvgIpc) is 3.17. The Morgan fingerprint density at radius 1 is 0.333 bits per heavy atom. The molecular weight excluding hydrogens is 583 g/mol. The van der Waals surface area contributed by atoms with E-state index >= 15 is 0 Å². The molecule has 224 valence electrons. The van der Waals surface area contributed by atoms with Crippen LogP contribution in [0.25, 0.3) is 88.5 Å². The van der Waals surface area contributed by atoms with Gasteiger partial charge in [-0.05, 0) is 73.3 Å². The first-order chi connectivity index (χ1) is 23.8. The van der Waals surface area contributed by atoms with Gasteiger partial charge in [0.1, 0.15) is 0 Å². The Balaban J connectivity index is 1.16. The third kappa shape index (κ3) is 4.99. The zero-order valence-electron chi connectivity index (χ0n) is 26.1. The molecule has 0 unspecified atom stereocenters. The summed E-state index contributed by atoms with van der Waals surface area (Å²) in [6, 6.07) is 57.8. The van der Waals surface area contributed by atoms with Crippen molar-refractivity contribution >= 4 is 32.3 Å². The minimum Gasteiger partial charge on any atom is -0.264 e. The van der Waals surface area contributed by atoms with Gasteiger partial charge < -0.3 is 0 Å². The number of hydrogen-bond donors (Lipinski definition) is 0. The summed E-state index contributed by atoms with van der Waals surface area (Å²) in [5.41, 5.74) is 9.33. The van der Waals surface area contributed by atoms with E-state index in [2.05, 4.69) is 145 Å². The largest absolute Gasteiger partial charge is 0.264 e. The quantitative estimate of drug-likeness (QED) is 0.144. The number of rotatable bonds is 5. The number of fused-ring (bicyclic) bond motifs is 4. The van der Waals surface area contributed by atoms with Gasteiger partial charge in [-0.1, -0.05) is 140 Å². The molecule has 3 heteroatoms. The van der Waals surface area contributed by atoms with Gasteiger partial charge in [-0.3, -0.25) is 4.98 Å². The van der Waals surface area contributed by atoms with Crippen molar-refractivity contribution in [2.45, 2.75) is 0 Å². The lowest BCUT2D eigenvalue weighted by Gasteiger charge is -2.13. The van der Waals surface area contributed by atoms with E-state index in [-0.39, 0.29) is 0 Å². The summed E-state index contributed by atoms with van der Waals surface area (Å²) in [5.74, 6) is 0.696. The highest BCUT2D eigenvalue weighted by Gasteiger charge is 2.15. The monoisotopic (exact) mass is 611 g/mol. The second-order valence-electron chi connectivity index (χ2n) is 12.1. The molecule has 3 nitrogen and oxygen atoms in total. The minimum atomic E-state index is 0.696. The number of benzene rings is 7. The van der Waals surface area contributed by atoms with Gasteiger partial charge in [-0.2, -0.15) is 0 Å². The van der Waals surface area contributed by atoms with Crippen molar-refractivity contribution in [1.29, 1.82) is 0 Å². The molecule has 9 rings (SSSR count). The predicted molar refractivity (Wildman–Crippen MR) is 200 cm³/mol. The van der Waals surface area contributed by atoms with Gasteiger partial charge in [0, 0.05) is 34.6 Å². The molecule has 0 radical (unpaired) electrons. The van der Waals surface area contributed by atoms with Crippen LogP contribution >= 0.6 is 0 Å². The molecule has 0 fully saturated rings. The van der Waals surface area contributed by atoms with Crippen LogP contribution in [0.1, 0.15) is 0 Å². The summed E-state index contributed by atoms with van der Waals surface area (Å²) in [4.78, 5) is 14.6. The van der Waals surface area contributed by atoms with Crippen molar-refractivity contribution < 1.29 is 0 Å². The van der Waals surface area contributed by atoms with Crippen LogP contribution < -0.4 is 0 Å². The van der Waals surface area contributed by atoms with Crippen LogP contribution in [0, 0.1) is 0 Å². The molecule has 0 saturated heterocycles. The maximum atomic E-state index is 5.10. The van der Waals surface area contributed by atoms with Crippen molar-refractivity contribution in [3.63, 3.8) is 0 Å². The van der Waals surface area contributed by atoms with Gasteiger partial charge in [0.25, 0.3) is 0 Å². The zero-order valence-corrected chi connectivity index (χ0v) is 26.1. The van der Waals surface area contributed by atoms with Crippen LogP contribution in [-0.4, -0.2) is 15.0 Å². The fourth-order valence-electron chi connectivity index (χ4n) is 6.78. The molecular formula is C45H29N3. The van der Waals surface area contributed by atoms with Gasteiger partial charge in [0.2, 0.25) is 0 Å². The summed E-state index contributed by atoms with van der Waals surface area (Å²) in [5, 5.41) is 7.57. The zero-order chi connectivity index (χ0) is 31.9. The first kappa shape index (κ1) is 27.8. The third-order valence-electron chi connectivity index (χ3n) is 9.17. The second-order valence-corrected chi connectivity index (χ2v) is 12.1. The third-order valence-corrected chi connectivity index (χ3v) is 9.17. The van der Waals surface area contributed by atoms with E-state index in [0.29, 0.717) is 5.82 Å². The van der Waals surface area contributed by atoms with Crippen LogP contribution in [-0.2, 0) is 0 Å². The first-order valence-electron chi connectivity index (χ1n) is 16.2. The molecule has 0 amide bonds. The molecule has 0 aliphatic carbocycles. The van der Waals surface area contributed by atoms with Crippen molar-refractivity contribution in [3.05, 3.63) is 176 Å². The van der Waals surface area contributed by atoms with Gasteiger partial charge in [0.05, 0.1) is 11.4 Å². The van der Waals surface area contributed by atoms with Crippen LogP contribution in [0.3, 0.4) is 0 Å². The van der Waals surface area contributed by atoms with Crippen LogP contribution in [0.4, 0.5) is 0 Å². The summed E-state index contributed by atoms with van der Waals surface area (Å²) in [6.45, 7) is 0. The van der Waals surface area contributed by atoms with E-state index in [9.17, 15) is 0 Å². The molecule has 48 heavy (non-hydrogen) atoms. The molecule has 2 aromatic heterocycles. The summed E-state index contributed by atoms with van der Waals surface area (Å²) < 4.78 is 0. The smallest absolute Gasteiger partial charge is 0.160 e. The molecule has 0 aliphatic rings. The highest BCUT2D eigenvalue weighted by atomic mass is 14.9. The van der Waals surface area contributed by atoms with E-state index in [1.807, 2.05) is 30.5 Å². The normalized spacial score (nSPS) is 11.3. The molecule has 0 bridgehead atoms. The minimum absolute atomic E-state index is 0.696. The molecule has 0 atom stereocenters. The number of nitrogens with zero attached hydrogens (tertiary/aromatic N) is 3.